The lowest BCUT2D eigenvalue weighted by atomic mass is 9.91. The smallest absolute Gasteiger partial charge is 0.119 e. The molecule has 2 aliphatic heterocycles. The summed E-state index contributed by atoms with van der Waals surface area (Å²) in [5, 5.41) is 0. The highest BCUT2D eigenvalue weighted by Crippen LogP contribution is 2.34. The van der Waals surface area contributed by atoms with Gasteiger partial charge in [0.05, 0.1) is 18.8 Å². The minimum absolute atomic E-state index is 0.0850. The molecule has 0 radical (unpaired) electrons. The monoisotopic (exact) mass is 312 g/mol. The summed E-state index contributed by atoms with van der Waals surface area (Å²) in [7, 11) is 0. The van der Waals surface area contributed by atoms with Crippen LogP contribution in [0.2, 0.25) is 0 Å². The van der Waals surface area contributed by atoms with Crippen molar-refractivity contribution in [1.82, 2.24) is 0 Å². The zero-order valence-corrected chi connectivity index (χ0v) is 11.8. The van der Waals surface area contributed by atoms with Crippen molar-refractivity contribution in [3.63, 3.8) is 0 Å². The van der Waals surface area contributed by atoms with Gasteiger partial charge in [0.25, 0.3) is 0 Å². The van der Waals surface area contributed by atoms with E-state index >= 15 is 0 Å². The first-order chi connectivity index (χ1) is 8.76. The van der Waals surface area contributed by atoms with Crippen LogP contribution in [-0.4, -0.2) is 31.5 Å². The quantitative estimate of drug-likeness (QED) is 0.839. The Morgan fingerprint density at radius 1 is 1.22 bits per heavy atom. The van der Waals surface area contributed by atoms with Crippen molar-refractivity contribution in [2.24, 2.45) is 0 Å². The summed E-state index contributed by atoms with van der Waals surface area (Å²) in [6.45, 7) is 2.29. The summed E-state index contributed by atoms with van der Waals surface area (Å²) >= 11 is 3.43. The van der Waals surface area contributed by atoms with Gasteiger partial charge in [-0.1, -0.05) is 15.9 Å². The highest BCUT2D eigenvalue weighted by molar-refractivity contribution is 9.10. The lowest BCUT2D eigenvalue weighted by Crippen LogP contribution is -2.44. The zero-order chi connectivity index (χ0) is 12.4. The SMILES string of the molecule is Brc1ccc(OC2CCOC3(CCOC3)C2)cc1. The first kappa shape index (κ1) is 12.5. The molecule has 2 saturated heterocycles. The summed E-state index contributed by atoms with van der Waals surface area (Å²) in [5.74, 6) is 0.930. The summed E-state index contributed by atoms with van der Waals surface area (Å²) in [5.41, 5.74) is -0.0850. The van der Waals surface area contributed by atoms with E-state index in [9.17, 15) is 0 Å². The maximum Gasteiger partial charge on any atom is 0.119 e. The molecular formula is C14H17BrO3. The highest BCUT2D eigenvalue weighted by Gasteiger charge is 2.41. The third kappa shape index (κ3) is 2.71. The Kier molecular flexibility index (Phi) is 3.59. The summed E-state index contributed by atoms with van der Waals surface area (Å²) < 4.78 is 18.5. The van der Waals surface area contributed by atoms with E-state index in [0.29, 0.717) is 6.61 Å². The van der Waals surface area contributed by atoms with Crippen LogP contribution in [0.15, 0.2) is 28.7 Å². The summed E-state index contributed by atoms with van der Waals surface area (Å²) in [6.07, 6.45) is 3.12. The number of halogens is 1. The van der Waals surface area contributed by atoms with Crippen LogP contribution in [0.25, 0.3) is 0 Å². The lowest BCUT2D eigenvalue weighted by molar-refractivity contribution is -0.112. The van der Waals surface area contributed by atoms with Gasteiger partial charge in [-0.2, -0.15) is 0 Å². The van der Waals surface area contributed by atoms with Gasteiger partial charge < -0.3 is 14.2 Å². The second-order valence-electron chi connectivity index (χ2n) is 5.02. The third-order valence-corrected chi connectivity index (χ3v) is 4.16. The molecule has 4 heteroatoms. The Hall–Kier alpha value is -0.580. The number of rotatable bonds is 2. The van der Waals surface area contributed by atoms with Crippen molar-refractivity contribution >= 4 is 15.9 Å². The van der Waals surface area contributed by atoms with Crippen LogP contribution in [0.1, 0.15) is 19.3 Å². The Morgan fingerprint density at radius 3 is 2.78 bits per heavy atom. The lowest BCUT2D eigenvalue weighted by Gasteiger charge is -2.37. The molecule has 0 aliphatic carbocycles. The molecule has 0 amide bonds. The molecule has 1 aromatic rings. The Balaban J connectivity index is 1.64. The maximum atomic E-state index is 6.04. The van der Waals surface area contributed by atoms with Crippen LogP contribution in [0.4, 0.5) is 0 Å². The second kappa shape index (κ2) is 5.19. The summed E-state index contributed by atoms with van der Waals surface area (Å²) in [4.78, 5) is 0. The molecule has 3 nitrogen and oxygen atoms in total. The number of hydrogen-bond donors (Lipinski definition) is 0. The fraction of sp³-hybridized carbons (Fsp3) is 0.571. The zero-order valence-electron chi connectivity index (χ0n) is 10.2. The Morgan fingerprint density at radius 2 is 2.06 bits per heavy atom. The van der Waals surface area contributed by atoms with E-state index in [1.165, 1.54) is 0 Å². The molecule has 0 N–H and O–H groups in total. The van der Waals surface area contributed by atoms with Crippen LogP contribution in [-0.2, 0) is 9.47 Å². The largest absolute Gasteiger partial charge is 0.490 e. The van der Waals surface area contributed by atoms with Crippen molar-refractivity contribution in [3.8, 4) is 5.75 Å². The molecule has 0 aromatic heterocycles. The molecule has 2 fully saturated rings. The van der Waals surface area contributed by atoms with Gasteiger partial charge in [0, 0.05) is 30.3 Å². The fourth-order valence-corrected chi connectivity index (χ4v) is 2.92. The highest BCUT2D eigenvalue weighted by atomic mass is 79.9. The minimum Gasteiger partial charge on any atom is -0.490 e. The van der Waals surface area contributed by atoms with Gasteiger partial charge in [0.1, 0.15) is 11.9 Å². The molecule has 98 valence electrons. The first-order valence-electron chi connectivity index (χ1n) is 6.40. The molecule has 1 spiro atoms. The van der Waals surface area contributed by atoms with Crippen molar-refractivity contribution in [1.29, 1.82) is 0 Å². The van der Waals surface area contributed by atoms with Crippen LogP contribution >= 0.6 is 15.9 Å². The van der Waals surface area contributed by atoms with Gasteiger partial charge in [0.2, 0.25) is 0 Å². The van der Waals surface area contributed by atoms with E-state index in [1.807, 2.05) is 24.3 Å². The Bertz CT molecular complexity index is 398. The van der Waals surface area contributed by atoms with Gasteiger partial charge in [-0.3, -0.25) is 0 Å². The number of ether oxygens (including phenoxy) is 3. The molecule has 1 aromatic carbocycles. The van der Waals surface area contributed by atoms with Gasteiger partial charge in [0.15, 0.2) is 0 Å². The average molecular weight is 313 g/mol. The van der Waals surface area contributed by atoms with Crippen molar-refractivity contribution in [2.75, 3.05) is 19.8 Å². The van der Waals surface area contributed by atoms with E-state index < -0.39 is 0 Å². The number of hydrogen-bond acceptors (Lipinski definition) is 3. The first-order valence-corrected chi connectivity index (χ1v) is 7.19. The topological polar surface area (TPSA) is 27.7 Å². The molecule has 2 atom stereocenters. The van der Waals surface area contributed by atoms with E-state index in [1.54, 1.807) is 0 Å². The van der Waals surface area contributed by atoms with E-state index in [2.05, 4.69) is 15.9 Å². The predicted octanol–water partition coefficient (Wildman–Crippen LogP) is 3.17. The number of benzene rings is 1. The molecule has 2 heterocycles. The van der Waals surface area contributed by atoms with E-state index in [0.717, 1.165) is 42.7 Å². The molecule has 18 heavy (non-hydrogen) atoms. The van der Waals surface area contributed by atoms with Crippen molar-refractivity contribution in [3.05, 3.63) is 28.7 Å². The molecular weight excluding hydrogens is 296 g/mol. The van der Waals surface area contributed by atoms with Gasteiger partial charge in [-0.25, -0.2) is 0 Å². The molecule has 0 bridgehead atoms. The fourth-order valence-electron chi connectivity index (χ4n) is 2.65. The average Bonchev–Trinajstić information content (AvgIpc) is 2.80. The molecule has 2 aliphatic rings. The van der Waals surface area contributed by atoms with Crippen LogP contribution in [0, 0.1) is 0 Å². The van der Waals surface area contributed by atoms with Crippen molar-refractivity contribution in [2.45, 2.75) is 31.0 Å². The third-order valence-electron chi connectivity index (χ3n) is 3.63. The second-order valence-corrected chi connectivity index (χ2v) is 5.94. The Labute approximate surface area is 116 Å². The summed E-state index contributed by atoms with van der Waals surface area (Å²) in [6, 6.07) is 8.00. The molecule has 2 unspecified atom stereocenters. The molecule has 0 saturated carbocycles. The molecule has 3 rings (SSSR count). The normalized spacial score (nSPS) is 31.7. The van der Waals surface area contributed by atoms with E-state index in [-0.39, 0.29) is 11.7 Å². The van der Waals surface area contributed by atoms with E-state index in [4.69, 9.17) is 14.2 Å². The van der Waals surface area contributed by atoms with Crippen LogP contribution < -0.4 is 4.74 Å². The van der Waals surface area contributed by atoms with Gasteiger partial charge in [-0.15, -0.1) is 0 Å². The van der Waals surface area contributed by atoms with Crippen LogP contribution in [0.5, 0.6) is 5.75 Å². The van der Waals surface area contributed by atoms with Crippen LogP contribution in [0.3, 0.4) is 0 Å². The minimum atomic E-state index is -0.0850. The maximum absolute atomic E-state index is 6.04. The van der Waals surface area contributed by atoms with Crippen molar-refractivity contribution < 1.29 is 14.2 Å². The predicted molar refractivity (Wildman–Crippen MR) is 71.9 cm³/mol. The van der Waals surface area contributed by atoms with Gasteiger partial charge in [-0.05, 0) is 24.3 Å². The standard InChI is InChI=1S/C14H17BrO3/c15-11-1-3-12(4-2-11)18-13-5-7-17-14(9-13)6-8-16-10-14/h1-4,13H,5-10H2. The van der Waals surface area contributed by atoms with Gasteiger partial charge >= 0.3 is 0 Å².